The standard InChI is InChI=1S/C14H12F2N2O3/c1-8-6-12(20)18(14(17-8)21-2)7-11(19)13-9(15)4-3-5-10(13)16/h3-6H,7H2,1-2H3. The molecule has 0 atom stereocenters. The van der Waals surface area contributed by atoms with E-state index in [4.69, 9.17) is 4.74 Å². The summed E-state index contributed by atoms with van der Waals surface area (Å²) in [6, 6.07) is 4.22. The van der Waals surface area contributed by atoms with E-state index in [1.807, 2.05) is 0 Å². The fraction of sp³-hybridized carbons (Fsp3) is 0.214. The van der Waals surface area contributed by atoms with Crippen molar-refractivity contribution in [2.24, 2.45) is 0 Å². The largest absolute Gasteiger partial charge is 0.468 e. The van der Waals surface area contributed by atoms with Gasteiger partial charge in [-0.15, -0.1) is 0 Å². The van der Waals surface area contributed by atoms with Gasteiger partial charge in [-0.1, -0.05) is 6.07 Å². The molecule has 5 nitrogen and oxygen atoms in total. The molecule has 1 aromatic carbocycles. The Morgan fingerprint density at radius 3 is 2.52 bits per heavy atom. The number of Topliss-reactive ketones (excluding diaryl/α,β-unsaturated/α-hetero) is 1. The minimum Gasteiger partial charge on any atom is -0.468 e. The number of carbonyl (C=O) groups is 1. The van der Waals surface area contributed by atoms with Crippen LogP contribution in [0.25, 0.3) is 0 Å². The van der Waals surface area contributed by atoms with Crippen LogP contribution in [0.15, 0.2) is 29.1 Å². The van der Waals surface area contributed by atoms with Crippen LogP contribution in [-0.4, -0.2) is 22.4 Å². The van der Waals surface area contributed by atoms with Crippen LogP contribution in [0.3, 0.4) is 0 Å². The van der Waals surface area contributed by atoms with Crippen molar-refractivity contribution in [3.8, 4) is 6.01 Å². The van der Waals surface area contributed by atoms with Crippen LogP contribution in [-0.2, 0) is 6.54 Å². The molecule has 0 saturated heterocycles. The Labute approximate surface area is 118 Å². The lowest BCUT2D eigenvalue weighted by Crippen LogP contribution is -2.27. The highest BCUT2D eigenvalue weighted by Gasteiger charge is 2.19. The van der Waals surface area contributed by atoms with Gasteiger partial charge in [-0.25, -0.2) is 13.8 Å². The van der Waals surface area contributed by atoms with Crippen molar-refractivity contribution >= 4 is 5.78 Å². The maximum absolute atomic E-state index is 13.6. The van der Waals surface area contributed by atoms with E-state index < -0.39 is 35.1 Å². The number of methoxy groups -OCH3 is 1. The first-order chi connectivity index (χ1) is 9.93. The molecule has 7 heteroatoms. The fourth-order valence-electron chi connectivity index (χ4n) is 1.88. The second-order valence-electron chi connectivity index (χ2n) is 4.33. The Kier molecular flexibility index (Phi) is 4.11. The Morgan fingerprint density at radius 2 is 1.95 bits per heavy atom. The van der Waals surface area contributed by atoms with Crippen molar-refractivity contribution in [3.05, 3.63) is 57.5 Å². The summed E-state index contributed by atoms with van der Waals surface area (Å²) in [7, 11) is 1.28. The van der Waals surface area contributed by atoms with Gasteiger partial charge in [0.1, 0.15) is 11.6 Å². The molecule has 21 heavy (non-hydrogen) atoms. The first kappa shape index (κ1) is 14.8. The lowest BCUT2D eigenvalue weighted by atomic mass is 10.1. The van der Waals surface area contributed by atoms with E-state index in [1.54, 1.807) is 6.92 Å². The lowest BCUT2D eigenvalue weighted by Gasteiger charge is -2.11. The Hall–Kier alpha value is -2.57. The van der Waals surface area contributed by atoms with E-state index in [0.29, 0.717) is 5.69 Å². The van der Waals surface area contributed by atoms with E-state index in [2.05, 4.69) is 4.98 Å². The third-order valence-electron chi connectivity index (χ3n) is 2.83. The van der Waals surface area contributed by atoms with Crippen molar-refractivity contribution < 1.29 is 18.3 Å². The summed E-state index contributed by atoms with van der Waals surface area (Å²) in [6.45, 7) is 1.03. The number of nitrogens with zero attached hydrogens (tertiary/aromatic N) is 2. The molecule has 0 spiro atoms. The van der Waals surface area contributed by atoms with Crippen LogP contribution in [0.4, 0.5) is 8.78 Å². The van der Waals surface area contributed by atoms with Gasteiger partial charge in [-0.05, 0) is 19.1 Å². The number of halogens is 2. The van der Waals surface area contributed by atoms with Crippen molar-refractivity contribution in [1.82, 2.24) is 9.55 Å². The molecule has 0 fully saturated rings. The second-order valence-corrected chi connectivity index (χ2v) is 4.33. The molecule has 2 rings (SSSR count). The normalized spacial score (nSPS) is 10.5. The minimum absolute atomic E-state index is 0.0925. The highest BCUT2D eigenvalue weighted by Crippen LogP contribution is 2.14. The SMILES string of the molecule is COc1nc(C)cc(=O)n1CC(=O)c1c(F)cccc1F. The number of carbonyl (C=O) groups excluding carboxylic acids is 1. The summed E-state index contributed by atoms with van der Waals surface area (Å²) >= 11 is 0. The van der Waals surface area contributed by atoms with Gasteiger partial charge < -0.3 is 4.74 Å². The third kappa shape index (κ3) is 2.96. The zero-order valence-corrected chi connectivity index (χ0v) is 11.4. The molecule has 0 aliphatic carbocycles. The van der Waals surface area contributed by atoms with Gasteiger partial charge in [0.15, 0.2) is 5.78 Å². The summed E-state index contributed by atoms with van der Waals surface area (Å²) in [5, 5.41) is 0. The molecule has 1 aromatic heterocycles. The van der Waals surface area contributed by atoms with Crippen LogP contribution in [0, 0.1) is 18.6 Å². The first-order valence-corrected chi connectivity index (χ1v) is 6.03. The molecule has 0 bridgehead atoms. The maximum Gasteiger partial charge on any atom is 0.299 e. The highest BCUT2D eigenvalue weighted by atomic mass is 19.1. The number of ether oxygens (including phenoxy) is 1. The Balaban J connectivity index is 2.43. The van der Waals surface area contributed by atoms with Crippen LogP contribution < -0.4 is 10.3 Å². The molecular formula is C14H12F2N2O3. The topological polar surface area (TPSA) is 61.2 Å². The van der Waals surface area contributed by atoms with Gasteiger partial charge in [0.05, 0.1) is 19.2 Å². The molecule has 0 saturated carbocycles. The van der Waals surface area contributed by atoms with Gasteiger partial charge in [-0.2, -0.15) is 0 Å². The molecular weight excluding hydrogens is 282 g/mol. The zero-order chi connectivity index (χ0) is 15.6. The first-order valence-electron chi connectivity index (χ1n) is 6.03. The molecule has 0 unspecified atom stereocenters. The van der Waals surface area contributed by atoms with Crippen LogP contribution >= 0.6 is 0 Å². The van der Waals surface area contributed by atoms with Crippen LogP contribution in [0.1, 0.15) is 16.1 Å². The Morgan fingerprint density at radius 1 is 1.33 bits per heavy atom. The van der Waals surface area contributed by atoms with E-state index in [1.165, 1.54) is 13.2 Å². The third-order valence-corrected chi connectivity index (χ3v) is 2.83. The molecule has 0 aliphatic rings. The van der Waals surface area contributed by atoms with E-state index in [0.717, 1.165) is 22.8 Å². The molecule has 0 radical (unpaired) electrons. The van der Waals surface area contributed by atoms with Crippen LogP contribution in [0.2, 0.25) is 0 Å². The predicted octanol–water partition coefficient (Wildman–Crippen LogP) is 1.72. The quantitative estimate of drug-likeness (QED) is 0.806. The average Bonchev–Trinajstić information content (AvgIpc) is 2.41. The molecule has 0 N–H and O–H groups in total. The van der Waals surface area contributed by atoms with E-state index in [-0.39, 0.29) is 6.01 Å². The molecule has 0 aliphatic heterocycles. The smallest absolute Gasteiger partial charge is 0.299 e. The number of benzene rings is 1. The van der Waals surface area contributed by atoms with Gasteiger partial charge in [0, 0.05) is 11.8 Å². The summed E-state index contributed by atoms with van der Waals surface area (Å²) in [5.74, 6) is -2.84. The number of ketones is 1. The number of rotatable bonds is 4. The molecule has 0 amide bonds. The predicted molar refractivity (Wildman–Crippen MR) is 70.5 cm³/mol. The molecule has 1 heterocycles. The summed E-state index contributed by atoms with van der Waals surface area (Å²) in [4.78, 5) is 27.8. The fourth-order valence-corrected chi connectivity index (χ4v) is 1.88. The number of hydrogen-bond acceptors (Lipinski definition) is 4. The Bertz CT molecular complexity index is 736. The van der Waals surface area contributed by atoms with Crippen LogP contribution in [0.5, 0.6) is 6.01 Å². The van der Waals surface area contributed by atoms with E-state index in [9.17, 15) is 18.4 Å². The van der Waals surface area contributed by atoms with Crippen molar-refractivity contribution in [2.75, 3.05) is 7.11 Å². The second kappa shape index (κ2) is 5.82. The van der Waals surface area contributed by atoms with Crippen molar-refractivity contribution in [1.29, 1.82) is 0 Å². The zero-order valence-electron chi connectivity index (χ0n) is 11.4. The monoisotopic (exact) mass is 294 g/mol. The van der Waals surface area contributed by atoms with Gasteiger partial charge in [0.25, 0.3) is 11.6 Å². The number of aryl methyl sites for hydroxylation is 1. The highest BCUT2D eigenvalue weighted by molar-refractivity contribution is 5.96. The minimum atomic E-state index is -0.980. The van der Waals surface area contributed by atoms with Gasteiger partial charge in [0.2, 0.25) is 0 Å². The summed E-state index contributed by atoms with van der Waals surface area (Å²) in [5.41, 5.74) is -0.811. The van der Waals surface area contributed by atoms with Crippen molar-refractivity contribution in [3.63, 3.8) is 0 Å². The average molecular weight is 294 g/mol. The summed E-state index contributed by atoms with van der Waals surface area (Å²) in [6.07, 6.45) is 0. The maximum atomic E-state index is 13.6. The lowest BCUT2D eigenvalue weighted by molar-refractivity contribution is 0.0957. The number of aromatic nitrogens is 2. The molecule has 2 aromatic rings. The summed E-state index contributed by atoms with van der Waals surface area (Å²) < 4.78 is 32.9. The molecule has 110 valence electrons. The van der Waals surface area contributed by atoms with Gasteiger partial charge >= 0.3 is 0 Å². The van der Waals surface area contributed by atoms with Crippen molar-refractivity contribution in [2.45, 2.75) is 13.5 Å². The van der Waals surface area contributed by atoms with E-state index >= 15 is 0 Å². The number of hydrogen-bond donors (Lipinski definition) is 0. The van der Waals surface area contributed by atoms with Gasteiger partial charge in [-0.3, -0.25) is 14.2 Å².